The summed E-state index contributed by atoms with van der Waals surface area (Å²) in [6.07, 6.45) is 0.536. The first-order chi connectivity index (χ1) is 13.4. The van der Waals surface area contributed by atoms with Crippen molar-refractivity contribution in [3.8, 4) is 11.8 Å². The first kappa shape index (κ1) is 19.4. The Balaban J connectivity index is 2.09. The van der Waals surface area contributed by atoms with Crippen molar-refractivity contribution in [2.75, 3.05) is 0 Å². The van der Waals surface area contributed by atoms with Gasteiger partial charge in [0.1, 0.15) is 5.56 Å². The molecule has 3 aromatic rings. The maximum atomic E-state index is 12.1. The van der Waals surface area contributed by atoms with Crippen molar-refractivity contribution < 1.29 is 9.90 Å². The lowest BCUT2D eigenvalue weighted by Crippen LogP contribution is -2.09. The Bertz CT molecular complexity index is 1010. The van der Waals surface area contributed by atoms with Crippen molar-refractivity contribution in [1.29, 1.82) is 5.26 Å². The standard InChI is InChI=1S/C23H23N3O2/c1-15(2)22-21(23(27)28)20(13-16(3)18-7-5-4-6-8-18)25-26(22)19-11-9-17(14-24)10-12-19/h4-12,15-16H,13H2,1-3H3,(H,27,28). The van der Waals surface area contributed by atoms with Crippen LogP contribution in [0.1, 0.15) is 65.5 Å². The number of benzene rings is 2. The lowest BCUT2D eigenvalue weighted by molar-refractivity contribution is 0.0694. The second-order valence-electron chi connectivity index (χ2n) is 7.25. The number of nitrogens with zero attached hydrogens (tertiary/aromatic N) is 3. The number of carboxylic acid groups (broad SMARTS) is 1. The van der Waals surface area contributed by atoms with E-state index in [-0.39, 0.29) is 17.4 Å². The van der Waals surface area contributed by atoms with Crippen LogP contribution in [0.5, 0.6) is 0 Å². The summed E-state index contributed by atoms with van der Waals surface area (Å²) in [7, 11) is 0. The monoisotopic (exact) mass is 373 g/mol. The summed E-state index contributed by atoms with van der Waals surface area (Å²) >= 11 is 0. The van der Waals surface area contributed by atoms with Gasteiger partial charge in [0.25, 0.3) is 0 Å². The van der Waals surface area contributed by atoms with E-state index >= 15 is 0 Å². The summed E-state index contributed by atoms with van der Waals surface area (Å²) in [5.74, 6) is -0.836. The zero-order valence-electron chi connectivity index (χ0n) is 16.3. The Hall–Kier alpha value is -3.39. The third-order valence-electron chi connectivity index (χ3n) is 4.86. The predicted octanol–water partition coefficient (Wildman–Crippen LogP) is 4.91. The number of carboxylic acids is 1. The van der Waals surface area contributed by atoms with Crippen molar-refractivity contribution in [2.45, 2.75) is 39.0 Å². The largest absolute Gasteiger partial charge is 0.478 e. The molecule has 0 aliphatic rings. The van der Waals surface area contributed by atoms with Crippen molar-refractivity contribution in [3.63, 3.8) is 0 Å². The van der Waals surface area contributed by atoms with Crippen molar-refractivity contribution in [2.24, 2.45) is 0 Å². The van der Waals surface area contributed by atoms with Gasteiger partial charge in [0.15, 0.2) is 0 Å². The minimum atomic E-state index is -0.959. The third kappa shape index (κ3) is 3.81. The molecule has 0 fully saturated rings. The second kappa shape index (κ2) is 8.10. The molecule has 0 spiro atoms. The highest BCUT2D eigenvalue weighted by molar-refractivity contribution is 5.91. The van der Waals surface area contributed by atoms with E-state index in [4.69, 9.17) is 10.4 Å². The number of aromatic carboxylic acids is 1. The van der Waals surface area contributed by atoms with E-state index in [1.165, 1.54) is 0 Å². The van der Waals surface area contributed by atoms with Gasteiger partial charge >= 0.3 is 5.97 Å². The smallest absolute Gasteiger partial charge is 0.339 e. The SMILES string of the molecule is CC(C)c1c(C(=O)O)c(CC(C)c2ccccc2)nn1-c1ccc(C#N)cc1. The number of hydrogen-bond donors (Lipinski definition) is 1. The highest BCUT2D eigenvalue weighted by Gasteiger charge is 2.27. The molecule has 5 nitrogen and oxygen atoms in total. The first-order valence-corrected chi connectivity index (χ1v) is 9.33. The Morgan fingerprint density at radius 3 is 2.29 bits per heavy atom. The average Bonchev–Trinajstić information content (AvgIpc) is 3.08. The molecule has 1 aromatic heterocycles. The highest BCUT2D eigenvalue weighted by Crippen LogP contribution is 2.29. The van der Waals surface area contributed by atoms with Crippen LogP contribution < -0.4 is 0 Å². The van der Waals surface area contributed by atoms with Crippen LogP contribution in [0, 0.1) is 11.3 Å². The van der Waals surface area contributed by atoms with Crippen molar-refractivity contribution in [1.82, 2.24) is 9.78 Å². The molecule has 1 unspecified atom stereocenters. The molecule has 0 bridgehead atoms. The summed E-state index contributed by atoms with van der Waals surface area (Å²) in [6.45, 7) is 6.01. The zero-order chi connectivity index (χ0) is 20.3. The minimum absolute atomic E-state index is 0.0185. The van der Waals surface area contributed by atoms with Crippen LogP contribution in [-0.2, 0) is 6.42 Å². The van der Waals surface area contributed by atoms with E-state index in [2.05, 4.69) is 13.0 Å². The Morgan fingerprint density at radius 2 is 1.75 bits per heavy atom. The number of rotatable bonds is 6. The predicted molar refractivity (Wildman–Crippen MR) is 108 cm³/mol. The molecule has 0 amide bonds. The Morgan fingerprint density at radius 1 is 1.11 bits per heavy atom. The molecule has 0 radical (unpaired) electrons. The van der Waals surface area contributed by atoms with Crippen LogP contribution in [0.15, 0.2) is 54.6 Å². The topological polar surface area (TPSA) is 78.9 Å². The first-order valence-electron chi connectivity index (χ1n) is 9.33. The van der Waals surface area contributed by atoms with Gasteiger partial charge in [0.05, 0.1) is 28.7 Å². The summed E-state index contributed by atoms with van der Waals surface area (Å²) in [6, 6.07) is 19.2. The molecule has 0 aliphatic carbocycles. The zero-order valence-corrected chi connectivity index (χ0v) is 16.3. The number of aromatic nitrogens is 2. The molecule has 1 N–H and O–H groups in total. The number of carbonyl (C=O) groups is 1. The molecule has 0 saturated heterocycles. The van der Waals surface area contributed by atoms with Crippen LogP contribution in [-0.4, -0.2) is 20.9 Å². The van der Waals surface area contributed by atoms with Crippen LogP contribution >= 0.6 is 0 Å². The maximum absolute atomic E-state index is 12.1. The van der Waals surface area contributed by atoms with E-state index in [0.717, 1.165) is 11.3 Å². The molecule has 3 rings (SSSR count). The fourth-order valence-corrected chi connectivity index (χ4v) is 3.45. The van der Waals surface area contributed by atoms with E-state index in [0.29, 0.717) is 23.4 Å². The van der Waals surface area contributed by atoms with Crippen molar-refractivity contribution in [3.05, 3.63) is 82.7 Å². The van der Waals surface area contributed by atoms with E-state index in [1.54, 1.807) is 28.9 Å². The second-order valence-corrected chi connectivity index (χ2v) is 7.25. The van der Waals surface area contributed by atoms with Gasteiger partial charge in [-0.3, -0.25) is 0 Å². The fourth-order valence-electron chi connectivity index (χ4n) is 3.45. The lowest BCUT2D eigenvalue weighted by Gasteiger charge is -2.11. The van der Waals surface area contributed by atoms with Gasteiger partial charge in [0, 0.05) is 0 Å². The fraction of sp³-hybridized carbons (Fsp3) is 0.261. The van der Waals surface area contributed by atoms with Gasteiger partial charge in [-0.1, -0.05) is 51.1 Å². The van der Waals surface area contributed by atoms with Gasteiger partial charge in [-0.15, -0.1) is 0 Å². The van der Waals surface area contributed by atoms with E-state index in [1.807, 2.05) is 44.2 Å². The molecular weight excluding hydrogens is 350 g/mol. The van der Waals surface area contributed by atoms with Gasteiger partial charge < -0.3 is 5.11 Å². The Labute approximate surface area is 164 Å². The molecule has 28 heavy (non-hydrogen) atoms. The van der Waals surface area contributed by atoms with Crippen LogP contribution in [0.2, 0.25) is 0 Å². The average molecular weight is 373 g/mol. The van der Waals surface area contributed by atoms with Crippen LogP contribution in [0.3, 0.4) is 0 Å². The molecule has 0 aliphatic heterocycles. The van der Waals surface area contributed by atoms with Crippen LogP contribution in [0.4, 0.5) is 0 Å². The van der Waals surface area contributed by atoms with Crippen molar-refractivity contribution >= 4 is 5.97 Å². The minimum Gasteiger partial charge on any atom is -0.478 e. The van der Waals surface area contributed by atoms with E-state index < -0.39 is 5.97 Å². The molecule has 2 aromatic carbocycles. The lowest BCUT2D eigenvalue weighted by atomic mass is 9.93. The van der Waals surface area contributed by atoms with Gasteiger partial charge in [-0.25, -0.2) is 9.48 Å². The third-order valence-corrected chi connectivity index (χ3v) is 4.86. The quantitative estimate of drug-likeness (QED) is 0.666. The van der Waals surface area contributed by atoms with Gasteiger partial charge in [-0.2, -0.15) is 10.4 Å². The number of hydrogen-bond acceptors (Lipinski definition) is 3. The molecule has 0 saturated carbocycles. The summed E-state index contributed by atoms with van der Waals surface area (Å²) in [4.78, 5) is 12.1. The molecular formula is C23H23N3O2. The van der Waals surface area contributed by atoms with Gasteiger partial charge in [-0.05, 0) is 48.1 Å². The summed E-state index contributed by atoms with van der Waals surface area (Å²) in [5, 5.41) is 23.6. The highest BCUT2D eigenvalue weighted by atomic mass is 16.4. The molecule has 5 heteroatoms. The Kier molecular flexibility index (Phi) is 5.60. The molecule has 142 valence electrons. The number of nitriles is 1. The molecule has 1 heterocycles. The maximum Gasteiger partial charge on any atom is 0.339 e. The summed E-state index contributed by atoms with van der Waals surface area (Å²) in [5.41, 5.74) is 3.99. The van der Waals surface area contributed by atoms with E-state index in [9.17, 15) is 9.90 Å². The summed E-state index contributed by atoms with van der Waals surface area (Å²) < 4.78 is 1.71. The van der Waals surface area contributed by atoms with Gasteiger partial charge in [0.2, 0.25) is 0 Å². The van der Waals surface area contributed by atoms with Crippen LogP contribution in [0.25, 0.3) is 5.69 Å². The normalized spacial score (nSPS) is 12.0. The molecule has 1 atom stereocenters.